The Morgan fingerprint density at radius 1 is 1.29 bits per heavy atom. The van der Waals surface area contributed by atoms with E-state index in [0.29, 0.717) is 7.92 Å². The summed E-state index contributed by atoms with van der Waals surface area (Å²) in [5.41, 5.74) is 2.52. The van der Waals surface area contributed by atoms with Crippen LogP contribution in [0.4, 0.5) is 0 Å². The minimum Gasteiger partial charge on any atom is -0.0990 e. The number of hydrogen-bond acceptors (Lipinski definition) is 0. The average Bonchev–Trinajstić information content (AvgIpc) is 2.68. The van der Waals surface area contributed by atoms with Crippen molar-refractivity contribution < 1.29 is 0 Å². The van der Waals surface area contributed by atoms with Gasteiger partial charge in [-0.1, -0.05) is 51.6 Å². The van der Waals surface area contributed by atoms with Crippen LogP contribution >= 0.6 is 7.92 Å². The maximum absolute atomic E-state index is 2.32. The van der Waals surface area contributed by atoms with Crippen LogP contribution in [0.15, 0.2) is 30.3 Å². The molecule has 14 heavy (non-hydrogen) atoms. The molecule has 1 aliphatic rings. The molecule has 0 nitrogen and oxygen atoms in total. The maximum atomic E-state index is 2.32. The molecule has 2 rings (SSSR count). The second-order valence-corrected chi connectivity index (χ2v) is 6.80. The molecule has 2 unspecified atom stereocenters. The molecule has 0 aliphatic carbocycles. The Balaban J connectivity index is 2.10. The van der Waals surface area contributed by atoms with Gasteiger partial charge >= 0.3 is 0 Å². The van der Waals surface area contributed by atoms with E-state index in [1.807, 2.05) is 0 Å². The summed E-state index contributed by atoms with van der Waals surface area (Å²) in [5, 5.41) is 0. The van der Waals surface area contributed by atoms with Crippen LogP contribution in [0.1, 0.15) is 37.4 Å². The Bertz CT molecular complexity index is 268. The summed E-state index contributed by atoms with van der Waals surface area (Å²) < 4.78 is 0. The van der Waals surface area contributed by atoms with Gasteiger partial charge in [0.15, 0.2) is 0 Å². The minimum atomic E-state index is 0.315. The highest BCUT2D eigenvalue weighted by Crippen LogP contribution is 2.59. The van der Waals surface area contributed by atoms with Crippen molar-refractivity contribution in [1.29, 1.82) is 0 Å². The Labute approximate surface area is 88.5 Å². The normalized spacial score (nSPS) is 26.6. The molecule has 0 spiro atoms. The molecule has 0 amide bonds. The van der Waals surface area contributed by atoms with E-state index in [4.69, 9.17) is 0 Å². The topological polar surface area (TPSA) is 0 Å². The molecule has 76 valence electrons. The molecule has 2 atom stereocenters. The monoisotopic (exact) mass is 206 g/mol. The molecule has 0 saturated carbocycles. The lowest BCUT2D eigenvalue weighted by atomic mass is 10.1. The molecular formula is C13H19P. The van der Waals surface area contributed by atoms with Gasteiger partial charge in [0.05, 0.1) is 0 Å². The lowest BCUT2D eigenvalue weighted by Crippen LogP contribution is -1.93. The Morgan fingerprint density at radius 3 is 2.79 bits per heavy atom. The number of benzene rings is 1. The third-order valence-electron chi connectivity index (χ3n) is 3.06. The summed E-state index contributed by atoms with van der Waals surface area (Å²) >= 11 is 0. The van der Waals surface area contributed by atoms with Gasteiger partial charge in [0.25, 0.3) is 0 Å². The zero-order valence-corrected chi connectivity index (χ0v) is 9.84. The van der Waals surface area contributed by atoms with E-state index in [0.717, 1.165) is 5.66 Å². The van der Waals surface area contributed by atoms with Crippen molar-refractivity contribution in [3.8, 4) is 0 Å². The summed E-state index contributed by atoms with van der Waals surface area (Å²) in [5.74, 6) is 0. The second kappa shape index (κ2) is 4.94. The smallest absolute Gasteiger partial charge is 0.00419 e. The average molecular weight is 206 g/mol. The van der Waals surface area contributed by atoms with E-state index in [9.17, 15) is 0 Å². The van der Waals surface area contributed by atoms with Crippen LogP contribution < -0.4 is 0 Å². The summed E-state index contributed by atoms with van der Waals surface area (Å²) in [6.07, 6.45) is 7.27. The lowest BCUT2D eigenvalue weighted by molar-refractivity contribution is 0.826. The van der Waals surface area contributed by atoms with Gasteiger partial charge < -0.3 is 0 Å². The molecule has 0 radical (unpaired) electrons. The third-order valence-corrected chi connectivity index (χ3v) is 6.41. The zero-order valence-electron chi connectivity index (χ0n) is 8.95. The maximum Gasteiger partial charge on any atom is 0.00419 e. The van der Waals surface area contributed by atoms with Crippen LogP contribution in [0.3, 0.4) is 0 Å². The summed E-state index contributed by atoms with van der Waals surface area (Å²) in [6.45, 7) is 2.32. The molecule has 1 saturated heterocycles. The SMILES string of the molecule is CCCP1CCCC1c1ccccc1. The molecular weight excluding hydrogens is 187 g/mol. The van der Waals surface area contributed by atoms with Crippen molar-refractivity contribution in [3.63, 3.8) is 0 Å². The van der Waals surface area contributed by atoms with Gasteiger partial charge in [-0.15, -0.1) is 0 Å². The van der Waals surface area contributed by atoms with E-state index in [1.165, 1.54) is 31.6 Å². The van der Waals surface area contributed by atoms with Crippen molar-refractivity contribution in [2.75, 3.05) is 12.3 Å². The van der Waals surface area contributed by atoms with Gasteiger partial charge in [-0.3, -0.25) is 0 Å². The van der Waals surface area contributed by atoms with Crippen molar-refractivity contribution in [2.24, 2.45) is 0 Å². The van der Waals surface area contributed by atoms with E-state index < -0.39 is 0 Å². The van der Waals surface area contributed by atoms with Crippen LogP contribution in [0, 0.1) is 0 Å². The first kappa shape index (κ1) is 10.2. The zero-order chi connectivity index (χ0) is 9.80. The van der Waals surface area contributed by atoms with Gasteiger partial charge in [-0.2, -0.15) is 0 Å². The van der Waals surface area contributed by atoms with Gasteiger partial charge in [0, 0.05) is 5.66 Å². The highest BCUT2D eigenvalue weighted by molar-refractivity contribution is 7.58. The fraction of sp³-hybridized carbons (Fsp3) is 0.538. The Morgan fingerprint density at radius 2 is 2.07 bits per heavy atom. The first-order valence-electron chi connectivity index (χ1n) is 5.71. The van der Waals surface area contributed by atoms with E-state index in [-0.39, 0.29) is 0 Å². The largest absolute Gasteiger partial charge is 0.0990 e. The van der Waals surface area contributed by atoms with Crippen molar-refractivity contribution >= 4 is 7.92 Å². The number of rotatable bonds is 3. The van der Waals surface area contributed by atoms with Crippen LogP contribution in [0.5, 0.6) is 0 Å². The highest BCUT2D eigenvalue weighted by atomic mass is 31.1. The Hall–Kier alpha value is -0.350. The van der Waals surface area contributed by atoms with Gasteiger partial charge in [0.2, 0.25) is 0 Å². The molecule has 1 fully saturated rings. The van der Waals surface area contributed by atoms with Crippen LogP contribution in [0.2, 0.25) is 0 Å². The van der Waals surface area contributed by atoms with E-state index in [2.05, 4.69) is 37.3 Å². The lowest BCUT2D eigenvalue weighted by Gasteiger charge is -2.19. The molecule has 1 aromatic carbocycles. The van der Waals surface area contributed by atoms with Gasteiger partial charge in [0.1, 0.15) is 0 Å². The molecule has 1 aromatic rings. The molecule has 1 heterocycles. The fourth-order valence-corrected chi connectivity index (χ4v) is 5.59. The van der Waals surface area contributed by atoms with Gasteiger partial charge in [-0.05, 0) is 30.7 Å². The Kier molecular flexibility index (Phi) is 3.59. The van der Waals surface area contributed by atoms with Crippen LogP contribution in [-0.2, 0) is 0 Å². The molecule has 0 aromatic heterocycles. The summed E-state index contributed by atoms with van der Waals surface area (Å²) in [4.78, 5) is 0. The first-order chi connectivity index (χ1) is 6.92. The predicted octanol–water partition coefficient (Wildman–Crippen LogP) is 4.41. The molecule has 0 N–H and O–H groups in total. The van der Waals surface area contributed by atoms with Gasteiger partial charge in [-0.25, -0.2) is 0 Å². The van der Waals surface area contributed by atoms with Crippen molar-refractivity contribution in [1.82, 2.24) is 0 Å². The van der Waals surface area contributed by atoms with E-state index >= 15 is 0 Å². The fourth-order valence-electron chi connectivity index (χ4n) is 2.43. The van der Waals surface area contributed by atoms with Crippen LogP contribution in [-0.4, -0.2) is 12.3 Å². The quantitative estimate of drug-likeness (QED) is 0.642. The predicted molar refractivity (Wildman–Crippen MR) is 65.4 cm³/mol. The van der Waals surface area contributed by atoms with Crippen molar-refractivity contribution in [3.05, 3.63) is 35.9 Å². The molecule has 1 heteroatoms. The first-order valence-corrected chi connectivity index (χ1v) is 7.49. The summed E-state index contributed by atoms with van der Waals surface area (Å²) in [7, 11) is 0.315. The summed E-state index contributed by atoms with van der Waals surface area (Å²) in [6, 6.07) is 11.1. The second-order valence-electron chi connectivity index (χ2n) is 4.10. The molecule has 0 bridgehead atoms. The third kappa shape index (κ3) is 2.17. The standard InChI is InChI=1S/C13H19P/c1-2-10-14-11-6-9-13(14)12-7-4-3-5-8-12/h3-5,7-8,13H,2,6,9-11H2,1H3. The highest BCUT2D eigenvalue weighted by Gasteiger charge is 2.26. The minimum absolute atomic E-state index is 0.315. The molecule has 1 aliphatic heterocycles. The number of hydrogen-bond donors (Lipinski definition) is 0. The van der Waals surface area contributed by atoms with Crippen LogP contribution in [0.25, 0.3) is 0 Å². The van der Waals surface area contributed by atoms with Crippen molar-refractivity contribution in [2.45, 2.75) is 31.8 Å². The van der Waals surface area contributed by atoms with E-state index in [1.54, 1.807) is 5.56 Å².